The van der Waals surface area contributed by atoms with E-state index in [4.69, 9.17) is 5.73 Å². The van der Waals surface area contributed by atoms with Gasteiger partial charge in [-0.25, -0.2) is 0 Å². The van der Waals surface area contributed by atoms with Gasteiger partial charge in [-0.15, -0.1) is 0 Å². The Morgan fingerprint density at radius 2 is 2.20 bits per heavy atom. The second-order valence-corrected chi connectivity index (χ2v) is 5.01. The van der Waals surface area contributed by atoms with Gasteiger partial charge in [0.15, 0.2) is 0 Å². The van der Waals surface area contributed by atoms with Crippen molar-refractivity contribution in [1.82, 2.24) is 9.78 Å². The van der Waals surface area contributed by atoms with Crippen molar-refractivity contribution in [2.45, 2.75) is 33.2 Å². The second kappa shape index (κ2) is 6.23. The Morgan fingerprint density at radius 3 is 2.90 bits per heavy atom. The van der Waals surface area contributed by atoms with Gasteiger partial charge in [0.05, 0.1) is 6.20 Å². The quantitative estimate of drug-likeness (QED) is 0.821. The first-order valence-electron chi connectivity index (χ1n) is 6.69. The van der Waals surface area contributed by atoms with Crippen LogP contribution in [0, 0.1) is 13.8 Å². The second-order valence-electron chi connectivity index (χ2n) is 5.01. The number of aryl methyl sites for hydroxylation is 3. The number of nitrogens with two attached hydrogens (primary N) is 1. The zero-order chi connectivity index (χ0) is 14.5. The Morgan fingerprint density at radius 1 is 1.40 bits per heavy atom. The summed E-state index contributed by atoms with van der Waals surface area (Å²) in [5.41, 5.74) is 9.29. The molecular formula is C15H20N4O. The molecule has 0 aliphatic rings. The van der Waals surface area contributed by atoms with Crippen LogP contribution in [-0.2, 0) is 11.3 Å². The number of aromatic nitrogens is 2. The molecule has 0 radical (unpaired) electrons. The number of amides is 1. The van der Waals surface area contributed by atoms with E-state index < -0.39 is 0 Å². The molecule has 2 aromatic rings. The molecule has 0 saturated heterocycles. The van der Waals surface area contributed by atoms with E-state index in [0.29, 0.717) is 12.1 Å². The van der Waals surface area contributed by atoms with E-state index in [2.05, 4.69) is 10.4 Å². The molecule has 2 rings (SSSR count). The maximum atomic E-state index is 11.9. The molecule has 0 atom stereocenters. The fourth-order valence-electron chi connectivity index (χ4n) is 1.98. The molecule has 0 saturated carbocycles. The smallest absolute Gasteiger partial charge is 0.224 e. The molecule has 0 aliphatic carbocycles. The SMILES string of the molecule is Cc1cnn(CCCC(=O)Nc2cc(N)ccc2C)c1. The number of anilines is 2. The molecule has 106 valence electrons. The van der Waals surface area contributed by atoms with Crippen molar-refractivity contribution in [3.63, 3.8) is 0 Å². The molecule has 20 heavy (non-hydrogen) atoms. The van der Waals surface area contributed by atoms with Crippen molar-refractivity contribution in [2.24, 2.45) is 0 Å². The average Bonchev–Trinajstić information content (AvgIpc) is 2.80. The predicted molar refractivity (Wildman–Crippen MR) is 80.4 cm³/mol. The molecule has 1 aromatic heterocycles. The minimum Gasteiger partial charge on any atom is -0.399 e. The molecule has 0 spiro atoms. The van der Waals surface area contributed by atoms with Crippen LogP contribution in [0.5, 0.6) is 0 Å². The van der Waals surface area contributed by atoms with E-state index in [1.807, 2.05) is 43.1 Å². The van der Waals surface area contributed by atoms with E-state index in [-0.39, 0.29) is 5.91 Å². The lowest BCUT2D eigenvalue weighted by Gasteiger charge is -2.09. The largest absolute Gasteiger partial charge is 0.399 e. The van der Waals surface area contributed by atoms with Gasteiger partial charge < -0.3 is 11.1 Å². The molecule has 1 aromatic carbocycles. The van der Waals surface area contributed by atoms with Crippen LogP contribution in [-0.4, -0.2) is 15.7 Å². The highest BCUT2D eigenvalue weighted by Gasteiger charge is 2.05. The maximum Gasteiger partial charge on any atom is 0.224 e. The maximum absolute atomic E-state index is 11.9. The summed E-state index contributed by atoms with van der Waals surface area (Å²) >= 11 is 0. The lowest BCUT2D eigenvalue weighted by atomic mass is 10.1. The van der Waals surface area contributed by atoms with Gasteiger partial charge in [-0.1, -0.05) is 6.07 Å². The van der Waals surface area contributed by atoms with Gasteiger partial charge in [-0.05, 0) is 43.5 Å². The minimum absolute atomic E-state index is 0.00239. The van der Waals surface area contributed by atoms with E-state index in [1.165, 1.54) is 0 Å². The minimum atomic E-state index is 0.00239. The van der Waals surface area contributed by atoms with Crippen molar-refractivity contribution >= 4 is 17.3 Å². The van der Waals surface area contributed by atoms with Crippen LogP contribution in [0.15, 0.2) is 30.6 Å². The first kappa shape index (κ1) is 14.1. The number of hydrogen-bond acceptors (Lipinski definition) is 3. The standard InChI is InChI=1S/C15H20N4O/c1-11-9-17-19(10-11)7-3-4-15(20)18-14-8-13(16)6-5-12(14)2/h5-6,8-10H,3-4,7,16H2,1-2H3,(H,18,20). The normalized spacial score (nSPS) is 10.5. The van der Waals surface area contributed by atoms with E-state index in [0.717, 1.165) is 29.8 Å². The van der Waals surface area contributed by atoms with Crippen LogP contribution >= 0.6 is 0 Å². The van der Waals surface area contributed by atoms with Gasteiger partial charge >= 0.3 is 0 Å². The summed E-state index contributed by atoms with van der Waals surface area (Å²) in [7, 11) is 0. The number of nitrogens with one attached hydrogen (secondary N) is 1. The molecule has 5 nitrogen and oxygen atoms in total. The number of hydrogen-bond donors (Lipinski definition) is 2. The number of rotatable bonds is 5. The average molecular weight is 272 g/mol. The van der Waals surface area contributed by atoms with Crippen molar-refractivity contribution < 1.29 is 4.79 Å². The first-order chi connectivity index (χ1) is 9.54. The Hall–Kier alpha value is -2.30. The molecular weight excluding hydrogens is 252 g/mol. The van der Waals surface area contributed by atoms with Crippen LogP contribution in [0.2, 0.25) is 0 Å². The number of carbonyl (C=O) groups excluding carboxylic acids is 1. The van der Waals surface area contributed by atoms with Crippen molar-refractivity contribution in [2.75, 3.05) is 11.1 Å². The highest BCUT2D eigenvalue weighted by molar-refractivity contribution is 5.91. The molecule has 1 heterocycles. The fourth-order valence-corrected chi connectivity index (χ4v) is 1.98. The third-order valence-electron chi connectivity index (χ3n) is 3.09. The van der Waals surface area contributed by atoms with E-state index >= 15 is 0 Å². The zero-order valence-electron chi connectivity index (χ0n) is 11.9. The molecule has 0 fully saturated rings. The molecule has 0 bridgehead atoms. The highest BCUT2D eigenvalue weighted by Crippen LogP contribution is 2.18. The van der Waals surface area contributed by atoms with Gasteiger partial charge in [0.1, 0.15) is 0 Å². The predicted octanol–water partition coefficient (Wildman–Crippen LogP) is 2.50. The lowest BCUT2D eigenvalue weighted by Crippen LogP contribution is -2.13. The Bertz CT molecular complexity index is 604. The third kappa shape index (κ3) is 3.85. The summed E-state index contributed by atoms with van der Waals surface area (Å²) < 4.78 is 1.86. The zero-order valence-corrected chi connectivity index (χ0v) is 11.9. The van der Waals surface area contributed by atoms with Crippen LogP contribution in [0.1, 0.15) is 24.0 Å². The van der Waals surface area contributed by atoms with Crippen molar-refractivity contribution in [3.8, 4) is 0 Å². The summed E-state index contributed by atoms with van der Waals surface area (Å²) in [6.45, 7) is 4.69. The number of carbonyl (C=O) groups is 1. The van der Waals surface area contributed by atoms with Crippen LogP contribution in [0.25, 0.3) is 0 Å². The van der Waals surface area contributed by atoms with E-state index in [9.17, 15) is 4.79 Å². The first-order valence-corrected chi connectivity index (χ1v) is 6.69. The van der Waals surface area contributed by atoms with Crippen LogP contribution in [0.3, 0.4) is 0 Å². The van der Waals surface area contributed by atoms with Gasteiger partial charge in [0.25, 0.3) is 0 Å². The van der Waals surface area contributed by atoms with Gasteiger partial charge in [-0.3, -0.25) is 9.48 Å². The van der Waals surface area contributed by atoms with Crippen molar-refractivity contribution in [1.29, 1.82) is 0 Å². The highest BCUT2D eigenvalue weighted by atomic mass is 16.1. The van der Waals surface area contributed by atoms with E-state index in [1.54, 1.807) is 6.07 Å². The van der Waals surface area contributed by atoms with Crippen LogP contribution in [0.4, 0.5) is 11.4 Å². The van der Waals surface area contributed by atoms with Gasteiger partial charge in [-0.2, -0.15) is 5.10 Å². The summed E-state index contributed by atoms with van der Waals surface area (Å²) in [5.74, 6) is 0.00239. The van der Waals surface area contributed by atoms with Gasteiger partial charge in [0, 0.05) is 30.5 Å². The Kier molecular flexibility index (Phi) is 4.40. The molecule has 1 amide bonds. The molecule has 0 unspecified atom stereocenters. The number of nitrogen functional groups attached to an aromatic ring is 1. The topological polar surface area (TPSA) is 72.9 Å². The summed E-state index contributed by atoms with van der Waals surface area (Å²) in [4.78, 5) is 11.9. The Balaban J connectivity index is 1.82. The number of benzene rings is 1. The fraction of sp³-hybridized carbons (Fsp3) is 0.333. The molecule has 5 heteroatoms. The monoisotopic (exact) mass is 272 g/mol. The summed E-state index contributed by atoms with van der Waals surface area (Å²) in [6.07, 6.45) is 5.01. The lowest BCUT2D eigenvalue weighted by molar-refractivity contribution is -0.116. The van der Waals surface area contributed by atoms with Crippen LogP contribution < -0.4 is 11.1 Å². The summed E-state index contributed by atoms with van der Waals surface area (Å²) in [6, 6.07) is 5.51. The molecule has 0 aliphatic heterocycles. The molecule has 3 N–H and O–H groups in total. The third-order valence-corrected chi connectivity index (χ3v) is 3.09. The van der Waals surface area contributed by atoms with Crippen molar-refractivity contribution in [3.05, 3.63) is 41.7 Å². The summed E-state index contributed by atoms with van der Waals surface area (Å²) in [5, 5.41) is 7.08. The number of nitrogens with zero attached hydrogens (tertiary/aromatic N) is 2. The Labute approximate surface area is 118 Å². The van der Waals surface area contributed by atoms with Gasteiger partial charge in [0.2, 0.25) is 5.91 Å².